The maximum atomic E-state index is 11.4. The largest absolute Gasteiger partial charge is 0.497 e. The fourth-order valence-corrected chi connectivity index (χ4v) is 1.89. The van der Waals surface area contributed by atoms with E-state index in [0.29, 0.717) is 37.5 Å². The number of amides is 1. The van der Waals surface area contributed by atoms with Crippen LogP contribution in [0.5, 0.6) is 5.75 Å². The number of nitrogens with zero attached hydrogens (tertiary/aromatic N) is 2. The summed E-state index contributed by atoms with van der Waals surface area (Å²) in [4.78, 5) is 15.8. The van der Waals surface area contributed by atoms with E-state index in [9.17, 15) is 4.79 Å². The highest BCUT2D eigenvalue weighted by Gasteiger charge is 2.09. The highest BCUT2D eigenvalue weighted by molar-refractivity contribution is 5.75. The van der Waals surface area contributed by atoms with Crippen LogP contribution in [-0.2, 0) is 11.2 Å². The van der Waals surface area contributed by atoms with Gasteiger partial charge in [0.15, 0.2) is 0 Å². The fraction of sp³-hybridized carbons (Fsp3) is 0.312. The molecule has 0 atom stereocenters. The lowest BCUT2D eigenvalue weighted by Crippen LogP contribution is -2.22. The third kappa shape index (κ3) is 4.44. The fourth-order valence-electron chi connectivity index (χ4n) is 1.89. The van der Waals surface area contributed by atoms with E-state index in [1.54, 1.807) is 13.2 Å². The average molecular weight is 301 g/mol. The van der Waals surface area contributed by atoms with Gasteiger partial charge in [-0.15, -0.1) is 6.58 Å². The smallest absolute Gasteiger partial charge is 0.226 e. The first-order valence-corrected chi connectivity index (χ1v) is 7.07. The summed E-state index contributed by atoms with van der Waals surface area (Å²) in [5, 5.41) is 6.67. The van der Waals surface area contributed by atoms with Gasteiger partial charge in [0.25, 0.3) is 0 Å². The van der Waals surface area contributed by atoms with Crippen molar-refractivity contribution >= 4 is 5.91 Å². The van der Waals surface area contributed by atoms with Gasteiger partial charge in [-0.1, -0.05) is 11.2 Å². The Balaban J connectivity index is 1.85. The molecule has 0 unspecified atom stereocenters. The van der Waals surface area contributed by atoms with Crippen LogP contribution < -0.4 is 10.1 Å². The molecule has 0 radical (unpaired) electrons. The van der Waals surface area contributed by atoms with Crippen molar-refractivity contribution in [1.29, 1.82) is 0 Å². The number of ether oxygens (including phenoxy) is 1. The maximum Gasteiger partial charge on any atom is 0.226 e. The summed E-state index contributed by atoms with van der Waals surface area (Å²) in [7, 11) is 1.62. The molecule has 0 bridgehead atoms. The number of carbonyl (C=O) groups excluding carboxylic acids is 1. The molecule has 0 aliphatic rings. The highest BCUT2D eigenvalue weighted by Crippen LogP contribution is 2.20. The molecule has 2 aromatic rings. The zero-order valence-electron chi connectivity index (χ0n) is 12.5. The molecule has 116 valence electrons. The van der Waals surface area contributed by atoms with Crippen molar-refractivity contribution in [1.82, 2.24) is 15.5 Å². The summed E-state index contributed by atoms with van der Waals surface area (Å²) in [5.74, 6) is 1.84. The SMILES string of the molecule is C=CCNC(=O)CCCc1nc(-c2ccc(OC)cc2)no1. The molecule has 2 rings (SSSR count). The van der Waals surface area contributed by atoms with Crippen molar-refractivity contribution in [3.05, 3.63) is 42.8 Å². The lowest BCUT2D eigenvalue weighted by molar-refractivity contribution is -0.120. The van der Waals surface area contributed by atoms with Gasteiger partial charge in [-0.25, -0.2) is 0 Å². The number of aryl methyl sites for hydroxylation is 1. The molecule has 0 spiro atoms. The van der Waals surface area contributed by atoms with Crippen LogP contribution in [0, 0.1) is 0 Å². The van der Waals surface area contributed by atoms with Crippen LogP contribution in [0.4, 0.5) is 0 Å². The van der Waals surface area contributed by atoms with Crippen molar-refractivity contribution < 1.29 is 14.1 Å². The summed E-state index contributed by atoms with van der Waals surface area (Å²) < 4.78 is 10.3. The molecule has 1 N–H and O–H groups in total. The Hall–Kier alpha value is -2.63. The van der Waals surface area contributed by atoms with Crippen molar-refractivity contribution in [3.63, 3.8) is 0 Å². The molecule has 6 nitrogen and oxygen atoms in total. The lowest BCUT2D eigenvalue weighted by atomic mass is 10.2. The second-order valence-corrected chi connectivity index (χ2v) is 4.69. The Morgan fingerprint density at radius 2 is 2.18 bits per heavy atom. The van der Waals surface area contributed by atoms with Gasteiger partial charge in [0, 0.05) is 24.9 Å². The molecular weight excluding hydrogens is 282 g/mol. The standard InChI is InChI=1S/C16H19N3O3/c1-3-11-17-14(20)5-4-6-15-18-16(19-22-15)12-7-9-13(21-2)10-8-12/h3,7-10H,1,4-6,11H2,2H3,(H,17,20). The molecule has 0 saturated carbocycles. The molecule has 22 heavy (non-hydrogen) atoms. The van der Waals surface area contributed by atoms with Gasteiger partial charge in [-0.2, -0.15) is 4.98 Å². The Bertz CT molecular complexity index is 620. The van der Waals surface area contributed by atoms with Gasteiger partial charge in [-0.3, -0.25) is 4.79 Å². The lowest BCUT2D eigenvalue weighted by Gasteiger charge is -2.00. The molecule has 1 aromatic heterocycles. The number of aromatic nitrogens is 2. The monoisotopic (exact) mass is 301 g/mol. The Morgan fingerprint density at radius 3 is 2.86 bits per heavy atom. The van der Waals surface area contributed by atoms with Gasteiger partial charge in [0.05, 0.1) is 7.11 Å². The number of benzene rings is 1. The van der Waals surface area contributed by atoms with E-state index in [2.05, 4.69) is 22.0 Å². The third-order valence-electron chi connectivity index (χ3n) is 3.05. The van der Waals surface area contributed by atoms with Crippen LogP contribution >= 0.6 is 0 Å². The molecule has 0 aliphatic heterocycles. The van der Waals surface area contributed by atoms with E-state index in [1.807, 2.05) is 24.3 Å². The van der Waals surface area contributed by atoms with Crippen molar-refractivity contribution in [2.75, 3.05) is 13.7 Å². The first-order valence-electron chi connectivity index (χ1n) is 7.07. The molecule has 0 aliphatic carbocycles. The van der Waals surface area contributed by atoms with E-state index < -0.39 is 0 Å². The number of rotatable bonds is 8. The number of methoxy groups -OCH3 is 1. The Kier molecular flexibility index (Phi) is 5.71. The van der Waals surface area contributed by atoms with Gasteiger partial charge >= 0.3 is 0 Å². The number of nitrogens with one attached hydrogen (secondary N) is 1. The summed E-state index contributed by atoms with van der Waals surface area (Å²) in [6.07, 6.45) is 3.31. The van der Waals surface area contributed by atoms with Crippen LogP contribution in [-0.4, -0.2) is 29.7 Å². The van der Waals surface area contributed by atoms with Gasteiger partial charge in [0.2, 0.25) is 17.6 Å². The summed E-state index contributed by atoms with van der Waals surface area (Å²) in [6, 6.07) is 7.43. The predicted octanol–water partition coefficient (Wildman–Crippen LogP) is 2.37. The third-order valence-corrected chi connectivity index (χ3v) is 3.05. The van der Waals surface area contributed by atoms with Crippen LogP contribution in [0.3, 0.4) is 0 Å². The van der Waals surface area contributed by atoms with Crippen LogP contribution in [0.2, 0.25) is 0 Å². The Morgan fingerprint density at radius 1 is 1.41 bits per heavy atom. The van der Waals surface area contributed by atoms with E-state index in [0.717, 1.165) is 11.3 Å². The normalized spacial score (nSPS) is 10.2. The minimum atomic E-state index is -0.00482. The molecule has 1 amide bonds. The van der Waals surface area contributed by atoms with Crippen molar-refractivity contribution in [2.45, 2.75) is 19.3 Å². The molecule has 1 heterocycles. The Labute approximate surface area is 129 Å². The maximum absolute atomic E-state index is 11.4. The molecule has 0 saturated heterocycles. The molecule has 6 heteroatoms. The zero-order chi connectivity index (χ0) is 15.8. The molecular formula is C16H19N3O3. The number of hydrogen-bond donors (Lipinski definition) is 1. The summed E-state index contributed by atoms with van der Waals surface area (Å²) in [5.41, 5.74) is 0.861. The first-order chi connectivity index (χ1) is 10.7. The topological polar surface area (TPSA) is 77.2 Å². The summed E-state index contributed by atoms with van der Waals surface area (Å²) in [6.45, 7) is 4.03. The number of hydrogen-bond acceptors (Lipinski definition) is 5. The first kappa shape index (κ1) is 15.8. The van der Waals surface area contributed by atoms with Crippen molar-refractivity contribution in [2.24, 2.45) is 0 Å². The molecule has 0 fully saturated rings. The van der Waals surface area contributed by atoms with Crippen LogP contribution in [0.15, 0.2) is 41.4 Å². The zero-order valence-corrected chi connectivity index (χ0v) is 12.5. The van der Waals surface area contributed by atoms with Crippen LogP contribution in [0.1, 0.15) is 18.7 Å². The summed E-state index contributed by atoms with van der Waals surface area (Å²) >= 11 is 0. The second-order valence-electron chi connectivity index (χ2n) is 4.69. The van der Waals surface area contributed by atoms with E-state index in [-0.39, 0.29) is 5.91 Å². The van der Waals surface area contributed by atoms with E-state index in [1.165, 1.54) is 0 Å². The predicted molar refractivity (Wildman–Crippen MR) is 82.4 cm³/mol. The van der Waals surface area contributed by atoms with Gasteiger partial charge in [0.1, 0.15) is 5.75 Å². The van der Waals surface area contributed by atoms with E-state index in [4.69, 9.17) is 9.26 Å². The minimum Gasteiger partial charge on any atom is -0.497 e. The van der Waals surface area contributed by atoms with E-state index >= 15 is 0 Å². The highest BCUT2D eigenvalue weighted by atomic mass is 16.5. The van der Waals surface area contributed by atoms with Crippen molar-refractivity contribution in [3.8, 4) is 17.1 Å². The van der Waals surface area contributed by atoms with Gasteiger partial charge in [-0.05, 0) is 30.7 Å². The molecule has 1 aromatic carbocycles. The average Bonchev–Trinajstić information content (AvgIpc) is 3.02. The van der Waals surface area contributed by atoms with Crippen LogP contribution in [0.25, 0.3) is 11.4 Å². The number of carbonyl (C=O) groups is 1. The minimum absolute atomic E-state index is 0.00482. The quantitative estimate of drug-likeness (QED) is 0.757. The second kappa shape index (κ2) is 7.97. The van der Waals surface area contributed by atoms with Gasteiger partial charge < -0.3 is 14.6 Å².